The van der Waals surface area contributed by atoms with E-state index in [9.17, 15) is 27.2 Å². The Morgan fingerprint density at radius 3 is 2.45 bits per heavy atom. The highest BCUT2D eigenvalue weighted by atomic mass is 19.4. The fourth-order valence-corrected chi connectivity index (χ4v) is 3.85. The van der Waals surface area contributed by atoms with Crippen LogP contribution in [0.5, 0.6) is 5.75 Å². The largest absolute Gasteiger partial charge is 0.573 e. The lowest BCUT2D eigenvalue weighted by molar-refractivity contribution is -0.274. The van der Waals surface area contributed by atoms with E-state index in [0.717, 1.165) is 6.07 Å². The molecule has 12 heteroatoms. The number of anilines is 2. The Balaban J connectivity index is 1.51. The first kappa shape index (κ1) is 27.0. The molecule has 1 saturated heterocycles. The third-order valence-electron chi connectivity index (χ3n) is 5.87. The number of hydrogen-bond acceptors (Lipinski definition) is 6. The van der Waals surface area contributed by atoms with Crippen molar-refractivity contribution < 1.29 is 36.6 Å². The van der Waals surface area contributed by atoms with Crippen molar-refractivity contribution >= 4 is 23.2 Å². The minimum absolute atomic E-state index is 0.108. The average Bonchev–Trinajstić information content (AvgIpc) is 2.90. The standard InChI is InChI=1S/C26H24F4N4O4/c1-16(34-10-12-37-13-11-34)24(35)33-22-14-18(7-9-23(22)38-26(28,29)30)32-25(36)17-6-8-21(31-15-17)19-4-2-3-5-20(19)27/h2-9,14-16H,10-13H2,1H3,(H,32,36)(H,33,35). The third-order valence-corrected chi connectivity index (χ3v) is 5.87. The summed E-state index contributed by atoms with van der Waals surface area (Å²) in [6.07, 6.45) is -3.74. The summed E-state index contributed by atoms with van der Waals surface area (Å²) in [6.45, 7) is 3.52. The second-order valence-electron chi connectivity index (χ2n) is 8.44. The van der Waals surface area contributed by atoms with Crippen molar-refractivity contribution in [2.24, 2.45) is 0 Å². The Morgan fingerprint density at radius 1 is 1.05 bits per heavy atom. The molecule has 0 spiro atoms. The van der Waals surface area contributed by atoms with E-state index < -0.39 is 35.8 Å². The zero-order chi connectivity index (χ0) is 27.3. The molecular formula is C26H24F4N4O4. The Bertz CT molecular complexity index is 1300. The molecule has 0 bridgehead atoms. The Kier molecular flexibility index (Phi) is 8.23. The molecule has 3 aromatic rings. The van der Waals surface area contributed by atoms with Crippen LogP contribution in [-0.2, 0) is 9.53 Å². The van der Waals surface area contributed by atoms with Crippen LogP contribution in [0.2, 0.25) is 0 Å². The summed E-state index contributed by atoms with van der Waals surface area (Å²) in [5.74, 6) is -2.25. The Hall–Kier alpha value is -4.03. The van der Waals surface area contributed by atoms with Crippen molar-refractivity contribution in [3.05, 3.63) is 72.2 Å². The lowest BCUT2D eigenvalue weighted by Gasteiger charge is -2.31. The number of halogens is 4. The molecular weight excluding hydrogens is 508 g/mol. The van der Waals surface area contributed by atoms with Crippen molar-refractivity contribution in [3.8, 4) is 17.0 Å². The SMILES string of the molecule is CC(C(=O)Nc1cc(NC(=O)c2ccc(-c3ccccc3F)nc2)ccc1OC(F)(F)F)N1CCOCC1. The van der Waals surface area contributed by atoms with E-state index in [4.69, 9.17) is 4.74 Å². The molecule has 200 valence electrons. The van der Waals surface area contributed by atoms with Gasteiger partial charge in [-0.1, -0.05) is 12.1 Å². The van der Waals surface area contributed by atoms with Crippen LogP contribution in [0.4, 0.5) is 28.9 Å². The highest BCUT2D eigenvalue weighted by Crippen LogP contribution is 2.33. The third kappa shape index (κ3) is 6.84. The van der Waals surface area contributed by atoms with Gasteiger partial charge in [0.2, 0.25) is 5.91 Å². The fraction of sp³-hybridized carbons (Fsp3) is 0.269. The topological polar surface area (TPSA) is 92.8 Å². The number of nitrogens with zero attached hydrogens (tertiary/aromatic N) is 2. The lowest BCUT2D eigenvalue weighted by Crippen LogP contribution is -2.47. The second kappa shape index (κ2) is 11.6. The quantitative estimate of drug-likeness (QED) is 0.429. The maximum atomic E-state index is 14.0. The van der Waals surface area contributed by atoms with E-state index in [0.29, 0.717) is 32.0 Å². The van der Waals surface area contributed by atoms with E-state index in [1.54, 1.807) is 25.1 Å². The zero-order valence-electron chi connectivity index (χ0n) is 20.2. The van der Waals surface area contributed by atoms with E-state index in [1.165, 1.54) is 36.5 Å². The second-order valence-corrected chi connectivity index (χ2v) is 8.44. The maximum absolute atomic E-state index is 14.0. The number of alkyl halides is 3. The number of morpholine rings is 1. The van der Waals surface area contributed by atoms with Gasteiger partial charge in [-0.25, -0.2) is 4.39 Å². The number of benzene rings is 2. The summed E-state index contributed by atoms with van der Waals surface area (Å²) >= 11 is 0. The van der Waals surface area contributed by atoms with Gasteiger partial charge < -0.3 is 20.1 Å². The molecule has 2 amide bonds. The van der Waals surface area contributed by atoms with Crippen molar-refractivity contribution in [2.45, 2.75) is 19.3 Å². The highest BCUT2D eigenvalue weighted by Gasteiger charge is 2.33. The van der Waals surface area contributed by atoms with Crippen LogP contribution in [0.15, 0.2) is 60.8 Å². The molecule has 1 fully saturated rings. The summed E-state index contributed by atoms with van der Waals surface area (Å²) in [5.41, 5.74) is 0.571. The van der Waals surface area contributed by atoms with Gasteiger partial charge in [0.25, 0.3) is 5.91 Å². The van der Waals surface area contributed by atoms with Crippen LogP contribution in [0.3, 0.4) is 0 Å². The number of carbonyl (C=O) groups excluding carboxylic acids is 2. The van der Waals surface area contributed by atoms with E-state index in [1.807, 2.05) is 4.90 Å². The van der Waals surface area contributed by atoms with Gasteiger partial charge in [-0.3, -0.25) is 19.5 Å². The monoisotopic (exact) mass is 532 g/mol. The predicted octanol–water partition coefficient (Wildman–Crippen LogP) is 4.70. The first-order chi connectivity index (χ1) is 18.1. The van der Waals surface area contributed by atoms with Crippen LogP contribution in [0.25, 0.3) is 11.3 Å². The zero-order valence-corrected chi connectivity index (χ0v) is 20.2. The van der Waals surface area contributed by atoms with Gasteiger partial charge in [0.1, 0.15) is 5.82 Å². The molecule has 2 aromatic carbocycles. The normalized spacial score (nSPS) is 15.0. The molecule has 4 rings (SSSR count). The number of pyridine rings is 1. The maximum Gasteiger partial charge on any atom is 0.573 e. The highest BCUT2D eigenvalue weighted by molar-refractivity contribution is 6.05. The van der Waals surface area contributed by atoms with Gasteiger partial charge in [-0.2, -0.15) is 0 Å². The Labute approximate surface area is 215 Å². The van der Waals surface area contributed by atoms with Crippen molar-refractivity contribution in [2.75, 3.05) is 36.9 Å². The number of ether oxygens (including phenoxy) is 2. The van der Waals surface area contributed by atoms with E-state index in [-0.39, 0.29) is 22.5 Å². The number of rotatable bonds is 7. The van der Waals surface area contributed by atoms with E-state index >= 15 is 0 Å². The van der Waals surface area contributed by atoms with Gasteiger partial charge in [-0.15, -0.1) is 13.2 Å². The van der Waals surface area contributed by atoms with Gasteiger partial charge in [0.15, 0.2) is 5.75 Å². The number of amides is 2. The Morgan fingerprint density at radius 2 is 1.79 bits per heavy atom. The molecule has 0 saturated carbocycles. The summed E-state index contributed by atoms with van der Waals surface area (Å²) in [4.78, 5) is 31.5. The van der Waals surface area contributed by atoms with Crippen LogP contribution in [-0.4, -0.2) is 60.4 Å². The molecule has 1 atom stereocenters. The minimum atomic E-state index is -4.99. The number of nitrogens with one attached hydrogen (secondary N) is 2. The van der Waals surface area contributed by atoms with Gasteiger partial charge in [0.05, 0.1) is 36.2 Å². The van der Waals surface area contributed by atoms with Crippen LogP contribution >= 0.6 is 0 Å². The first-order valence-corrected chi connectivity index (χ1v) is 11.7. The lowest BCUT2D eigenvalue weighted by atomic mass is 10.1. The van der Waals surface area contributed by atoms with E-state index in [2.05, 4.69) is 20.4 Å². The first-order valence-electron chi connectivity index (χ1n) is 11.7. The van der Waals surface area contributed by atoms with Gasteiger partial charge in [0, 0.05) is 30.5 Å². The molecule has 1 aliphatic heterocycles. The summed E-state index contributed by atoms with van der Waals surface area (Å²) in [6, 6.07) is 11.7. The number of carbonyl (C=O) groups is 2. The number of aromatic nitrogens is 1. The molecule has 1 unspecified atom stereocenters. The molecule has 0 radical (unpaired) electrons. The van der Waals surface area contributed by atoms with Crippen LogP contribution < -0.4 is 15.4 Å². The fourth-order valence-electron chi connectivity index (χ4n) is 3.85. The molecule has 2 N–H and O–H groups in total. The predicted molar refractivity (Wildman–Crippen MR) is 131 cm³/mol. The van der Waals surface area contributed by atoms with Crippen molar-refractivity contribution in [1.29, 1.82) is 0 Å². The molecule has 8 nitrogen and oxygen atoms in total. The molecule has 1 aromatic heterocycles. The average molecular weight is 532 g/mol. The molecule has 0 aliphatic carbocycles. The van der Waals surface area contributed by atoms with Crippen molar-refractivity contribution in [3.63, 3.8) is 0 Å². The summed E-state index contributed by atoms with van der Waals surface area (Å²) < 4.78 is 62.2. The number of hydrogen-bond donors (Lipinski definition) is 2. The van der Waals surface area contributed by atoms with Gasteiger partial charge >= 0.3 is 6.36 Å². The molecule has 2 heterocycles. The smallest absolute Gasteiger partial charge is 0.404 e. The summed E-state index contributed by atoms with van der Waals surface area (Å²) in [5, 5.41) is 5.03. The molecule has 1 aliphatic rings. The van der Waals surface area contributed by atoms with Crippen LogP contribution in [0.1, 0.15) is 17.3 Å². The summed E-state index contributed by atoms with van der Waals surface area (Å²) in [7, 11) is 0. The van der Waals surface area contributed by atoms with Crippen LogP contribution in [0, 0.1) is 5.82 Å². The van der Waals surface area contributed by atoms with Crippen molar-refractivity contribution in [1.82, 2.24) is 9.88 Å². The molecule has 38 heavy (non-hydrogen) atoms. The van der Waals surface area contributed by atoms with Gasteiger partial charge in [-0.05, 0) is 49.4 Å². The minimum Gasteiger partial charge on any atom is -0.404 e.